The molecule has 1 aromatic carbocycles. The standard InChI is InChI=1S/C12H15N3O3S2/c16-8-12(5-2-6-12)7-13-20(17,18)10-4-1-3-9-11(10)15-19-14-9/h1,3-4,13,16H,2,5-8H2. The van der Waals surface area contributed by atoms with Gasteiger partial charge in [0, 0.05) is 18.6 Å². The van der Waals surface area contributed by atoms with E-state index in [4.69, 9.17) is 0 Å². The third-order valence-corrected chi connectivity index (χ3v) is 5.90. The van der Waals surface area contributed by atoms with E-state index in [0.29, 0.717) is 11.0 Å². The summed E-state index contributed by atoms with van der Waals surface area (Å²) in [6.07, 6.45) is 2.75. The fourth-order valence-corrected chi connectivity index (χ4v) is 4.31. The number of aliphatic hydroxyl groups excluding tert-OH is 1. The minimum absolute atomic E-state index is 0.0119. The lowest BCUT2D eigenvalue weighted by Gasteiger charge is -2.40. The average molecular weight is 313 g/mol. The molecule has 0 bridgehead atoms. The Bertz CT molecular complexity index is 717. The lowest BCUT2D eigenvalue weighted by molar-refractivity contribution is 0.0499. The summed E-state index contributed by atoms with van der Waals surface area (Å²) >= 11 is 0.995. The number of nitrogens with one attached hydrogen (secondary N) is 1. The molecular formula is C12H15N3O3S2. The number of aliphatic hydroxyl groups is 1. The van der Waals surface area contributed by atoms with E-state index in [1.54, 1.807) is 12.1 Å². The number of rotatable bonds is 5. The van der Waals surface area contributed by atoms with Crippen LogP contribution in [0.15, 0.2) is 23.1 Å². The van der Waals surface area contributed by atoms with Gasteiger partial charge in [-0.3, -0.25) is 0 Å². The molecule has 8 heteroatoms. The number of fused-ring (bicyclic) bond motifs is 1. The van der Waals surface area contributed by atoms with Crippen molar-refractivity contribution in [3.8, 4) is 0 Å². The second kappa shape index (κ2) is 5.03. The van der Waals surface area contributed by atoms with E-state index in [2.05, 4.69) is 13.5 Å². The third-order valence-electron chi connectivity index (χ3n) is 3.93. The molecule has 0 unspecified atom stereocenters. The van der Waals surface area contributed by atoms with Crippen molar-refractivity contribution < 1.29 is 13.5 Å². The van der Waals surface area contributed by atoms with E-state index < -0.39 is 10.0 Å². The maximum Gasteiger partial charge on any atom is 0.242 e. The lowest BCUT2D eigenvalue weighted by atomic mass is 9.69. The van der Waals surface area contributed by atoms with E-state index in [1.807, 2.05) is 0 Å². The SMILES string of the molecule is O=S(=O)(NCC1(CO)CCC1)c1cccc2nsnc12. The van der Waals surface area contributed by atoms with Gasteiger partial charge in [-0.05, 0) is 25.0 Å². The third kappa shape index (κ3) is 2.32. The van der Waals surface area contributed by atoms with Gasteiger partial charge in [-0.1, -0.05) is 12.5 Å². The summed E-state index contributed by atoms with van der Waals surface area (Å²) in [5.41, 5.74) is 0.691. The quantitative estimate of drug-likeness (QED) is 0.863. The summed E-state index contributed by atoms with van der Waals surface area (Å²) in [6, 6.07) is 4.92. The molecule has 20 heavy (non-hydrogen) atoms. The van der Waals surface area contributed by atoms with Crippen LogP contribution in [0.5, 0.6) is 0 Å². The van der Waals surface area contributed by atoms with Crippen molar-refractivity contribution in [2.24, 2.45) is 5.41 Å². The zero-order valence-electron chi connectivity index (χ0n) is 10.7. The molecule has 1 aliphatic rings. The Kier molecular flexibility index (Phi) is 3.49. The van der Waals surface area contributed by atoms with Crippen LogP contribution in [-0.4, -0.2) is 35.4 Å². The highest BCUT2D eigenvalue weighted by atomic mass is 32.2. The fourth-order valence-electron chi connectivity index (χ4n) is 2.39. The van der Waals surface area contributed by atoms with Gasteiger partial charge in [0.25, 0.3) is 0 Å². The second-order valence-electron chi connectivity index (χ2n) is 5.22. The van der Waals surface area contributed by atoms with Crippen molar-refractivity contribution in [1.82, 2.24) is 13.5 Å². The molecule has 0 atom stereocenters. The fraction of sp³-hybridized carbons (Fsp3) is 0.500. The highest BCUT2D eigenvalue weighted by Crippen LogP contribution is 2.40. The number of nitrogens with zero attached hydrogens (tertiary/aromatic N) is 2. The van der Waals surface area contributed by atoms with Gasteiger partial charge in [0.05, 0.1) is 11.7 Å². The van der Waals surface area contributed by atoms with Crippen molar-refractivity contribution >= 4 is 32.8 Å². The number of hydrogen-bond donors (Lipinski definition) is 2. The molecule has 3 rings (SSSR count). The smallest absolute Gasteiger partial charge is 0.242 e. The molecule has 0 spiro atoms. The van der Waals surface area contributed by atoms with Crippen molar-refractivity contribution in [3.05, 3.63) is 18.2 Å². The molecule has 0 radical (unpaired) electrons. The van der Waals surface area contributed by atoms with Gasteiger partial charge in [-0.15, -0.1) is 0 Å². The van der Waals surface area contributed by atoms with E-state index >= 15 is 0 Å². The van der Waals surface area contributed by atoms with Crippen molar-refractivity contribution in [3.63, 3.8) is 0 Å². The van der Waals surface area contributed by atoms with Gasteiger partial charge >= 0.3 is 0 Å². The van der Waals surface area contributed by atoms with Crippen LogP contribution in [0.4, 0.5) is 0 Å². The Labute approximate surface area is 121 Å². The van der Waals surface area contributed by atoms with E-state index in [9.17, 15) is 13.5 Å². The molecule has 1 heterocycles. The first-order valence-electron chi connectivity index (χ1n) is 6.38. The maximum atomic E-state index is 12.4. The maximum absolute atomic E-state index is 12.4. The molecular weight excluding hydrogens is 298 g/mol. The molecule has 108 valence electrons. The summed E-state index contributed by atoms with van der Waals surface area (Å²) in [5.74, 6) is 0. The highest BCUT2D eigenvalue weighted by Gasteiger charge is 2.37. The predicted octanol–water partition coefficient (Wildman–Crippen LogP) is 1.13. The minimum atomic E-state index is -3.63. The van der Waals surface area contributed by atoms with Crippen LogP contribution < -0.4 is 4.72 Å². The van der Waals surface area contributed by atoms with Crippen LogP contribution in [0.1, 0.15) is 19.3 Å². The molecule has 1 aliphatic carbocycles. The minimum Gasteiger partial charge on any atom is -0.396 e. The van der Waals surface area contributed by atoms with Crippen LogP contribution in [0.25, 0.3) is 11.0 Å². The molecule has 2 aromatic rings. The number of sulfonamides is 1. The number of aromatic nitrogens is 2. The van der Waals surface area contributed by atoms with Gasteiger partial charge in [0.2, 0.25) is 10.0 Å². The normalized spacial score (nSPS) is 18.1. The summed E-state index contributed by atoms with van der Waals surface area (Å²) < 4.78 is 35.5. The van der Waals surface area contributed by atoms with Gasteiger partial charge in [-0.25, -0.2) is 13.1 Å². The molecule has 1 saturated carbocycles. The van der Waals surface area contributed by atoms with Gasteiger partial charge in [0.1, 0.15) is 15.9 Å². The number of benzene rings is 1. The Hall–Kier alpha value is -1.09. The van der Waals surface area contributed by atoms with Crippen molar-refractivity contribution in [2.45, 2.75) is 24.2 Å². The molecule has 0 saturated heterocycles. The second-order valence-corrected chi connectivity index (χ2v) is 7.49. The van der Waals surface area contributed by atoms with Crippen LogP contribution in [-0.2, 0) is 10.0 Å². The Balaban J connectivity index is 1.86. The Morgan fingerprint density at radius 1 is 1.35 bits per heavy atom. The molecule has 6 nitrogen and oxygen atoms in total. The molecule has 0 amide bonds. The average Bonchev–Trinajstić information content (AvgIpc) is 2.85. The largest absolute Gasteiger partial charge is 0.396 e. The van der Waals surface area contributed by atoms with Crippen LogP contribution in [0.3, 0.4) is 0 Å². The number of hydrogen-bond acceptors (Lipinski definition) is 6. The summed E-state index contributed by atoms with van der Waals surface area (Å²) in [5, 5.41) is 9.39. The zero-order valence-corrected chi connectivity index (χ0v) is 12.4. The summed E-state index contributed by atoms with van der Waals surface area (Å²) in [4.78, 5) is 0.149. The van der Waals surface area contributed by atoms with Gasteiger partial charge < -0.3 is 5.11 Å². The van der Waals surface area contributed by atoms with Crippen LogP contribution in [0, 0.1) is 5.41 Å². The lowest BCUT2D eigenvalue weighted by Crippen LogP contribution is -2.44. The first kappa shape index (κ1) is 13.9. The monoisotopic (exact) mass is 313 g/mol. The highest BCUT2D eigenvalue weighted by molar-refractivity contribution is 7.89. The zero-order chi connectivity index (χ0) is 14.2. The molecule has 1 fully saturated rings. The molecule has 2 N–H and O–H groups in total. The molecule has 1 aromatic heterocycles. The summed E-state index contributed by atoms with van der Waals surface area (Å²) in [6.45, 7) is 0.276. The Morgan fingerprint density at radius 2 is 2.15 bits per heavy atom. The summed E-state index contributed by atoms with van der Waals surface area (Å²) in [7, 11) is -3.63. The van der Waals surface area contributed by atoms with E-state index in [1.165, 1.54) is 6.07 Å². The van der Waals surface area contributed by atoms with E-state index in [-0.39, 0.29) is 23.5 Å². The first-order valence-corrected chi connectivity index (χ1v) is 8.60. The topological polar surface area (TPSA) is 92.2 Å². The molecule has 0 aliphatic heterocycles. The predicted molar refractivity (Wildman–Crippen MR) is 76.0 cm³/mol. The van der Waals surface area contributed by atoms with Crippen molar-refractivity contribution in [1.29, 1.82) is 0 Å². The van der Waals surface area contributed by atoms with Gasteiger partial charge in [-0.2, -0.15) is 8.75 Å². The Morgan fingerprint density at radius 3 is 2.80 bits per heavy atom. The van der Waals surface area contributed by atoms with Crippen LogP contribution >= 0.6 is 11.7 Å². The first-order chi connectivity index (χ1) is 9.56. The van der Waals surface area contributed by atoms with Crippen molar-refractivity contribution in [2.75, 3.05) is 13.2 Å². The van der Waals surface area contributed by atoms with E-state index in [0.717, 1.165) is 31.0 Å². The van der Waals surface area contributed by atoms with Crippen LogP contribution in [0.2, 0.25) is 0 Å². The van der Waals surface area contributed by atoms with Gasteiger partial charge in [0.15, 0.2) is 0 Å².